The van der Waals surface area contributed by atoms with E-state index in [1.165, 1.54) is 0 Å². The number of nitrogens with zero attached hydrogens (tertiary/aromatic N) is 2. The van der Waals surface area contributed by atoms with Gasteiger partial charge in [0.25, 0.3) is 0 Å². The van der Waals surface area contributed by atoms with E-state index in [9.17, 15) is 4.79 Å². The highest BCUT2D eigenvalue weighted by Crippen LogP contribution is 2.19. The Morgan fingerprint density at radius 3 is 2.86 bits per heavy atom. The molecule has 0 aliphatic carbocycles. The van der Waals surface area contributed by atoms with E-state index in [1.54, 1.807) is 11.1 Å². The van der Waals surface area contributed by atoms with Crippen molar-refractivity contribution in [1.29, 1.82) is 0 Å². The molecular formula is C10H11BrN2O. The summed E-state index contributed by atoms with van der Waals surface area (Å²) in [5.74, 6) is 0.948. The number of aromatic nitrogens is 1. The molecule has 14 heavy (non-hydrogen) atoms. The van der Waals surface area contributed by atoms with E-state index >= 15 is 0 Å². The predicted molar refractivity (Wildman–Crippen MR) is 58.1 cm³/mol. The molecule has 0 aromatic carbocycles. The topological polar surface area (TPSA) is 33.2 Å². The molecule has 1 aromatic heterocycles. The fraction of sp³-hybridized carbons (Fsp3) is 0.400. The van der Waals surface area contributed by atoms with Gasteiger partial charge in [-0.25, -0.2) is 4.98 Å². The highest BCUT2D eigenvalue weighted by Gasteiger charge is 2.19. The Morgan fingerprint density at radius 1 is 1.36 bits per heavy atom. The molecule has 1 fully saturated rings. The van der Waals surface area contributed by atoms with Crippen LogP contribution in [-0.2, 0) is 4.79 Å². The summed E-state index contributed by atoms with van der Waals surface area (Å²) in [6.07, 6.45) is 4.45. The second kappa shape index (κ2) is 4.09. The Morgan fingerprint density at radius 2 is 2.21 bits per heavy atom. The standard InChI is InChI=1S/C10H11BrN2O/c11-8-4-5-9(12-7-8)13-6-2-1-3-10(13)14/h4-5,7H,1-3,6H2. The molecule has 1 aliphatic rings. The van der Waals surface area contributed by atoms with Crippen molar-refractivity contribution >= 4 is 27.7 Å². The highest BCUT2D eigenvalue weighted by molar-refractivity contribution is 9.10. The Balaban J connectivity index is 2.20. The van der Waals surface area contributed by atoms with Gasteiger partial charge in [-0.15, -0.1) is 0 Å². The fourth-order valence-corrected chi connectivity index (χ4v) is 1.81. The number of hydrogen-bond acceptors (Lipinski definition) is 2. The van der Waals surface area contributed by atoms with Crippen molar-refractivity contribution in [3.63, 3.8) is 0 Å². The van der Waals surface area contributed by atoms with Crippen LogP contribution in [0.3, 0.4) is 0 Å². The smallest absolute Gasteiger partial charge is 0.228 e. The normalized spacial score (nSPS) is 17.2. The molecule has 0 saturated carbocycles. The summed E-state index contributed by atoms with van der Waals surface area (Å²) in [4.78, 5) is 17.5. The van der Waals surface area contributed by atoms with Crippen molar-refractivity contribution < 1.29 is 4.79 Å². The van der Waals surface area contributed by atoms with Gasteiger partial charge in [0.05, 0.1) is 0 Å². The van der Waals surface area contributed by atoms with E-state index in [-0.39, 0.29) is 5.91 Å². The lowest BCUT2D eigenvalue weighted by molar-refractivity contribution is -0.119. The van der Waals surface area contributed by atoms with Crippen molar-refractivity contribution in [2.45, 2.75) is 19.3 Å². The summed E-state index contributed by atoms with van der Waals surface area (Å²) in [6.45, 7) is 0.799. The van der Waals surface area contributed by atoms with Gasteiger partial charge in [0, 0.05) is 23.6 Å². The van der Waals surface area contributed by atoms with Crippen LogP contribution in [0.2, 0.25) is 0 Å². The molecular weight excluding hydrogens is 244 g/mol. The van der Waals surface area contributed by atoms with Gasteiger partial charge in [0.2, 0.25) is 5.91 Å². The van der Waals surface area contributed by atoms with Crippen LogP contribution in [-0.4, -0.2) is 17.4 Å². The van der Waals surface area contributed by atoms with Gasteiger partial charge in [0.1, 0.15) is 5.82 Å². The maximum absolute atomic E-state index is 11.6. The number of amides is 1. The van der Waals surface area contributed by atoms with Crippen molar-refractivity contribution in [3.05, 3.63) is 22.8 Å². The van der Waals surface area contributed by atoms with Crippen LogP contribution < -0.4 is 4.90 Å². The summed E-state index contributed by atoms with van der Waals surface area (Å²) < 4.78 is 0.936. The van der Waals surface area contributed by atoms with Crippen LogP contribution in [0.25, 0.3) is 0 Å². The van der Waals surface area contributed by atoms with E-state index in [0.717, 1.165) is 29.7 Å². The van der Waals surface area contributed by atoms with Gasteiger partial charge in [-0.1, -0.05) is 0 Å². The average Bonchev–Trinajstić information content (AvgIpc) is 2.20. The summed E-state index contributed by atoms with van der Waals surface area (Å²) in [5, 5.41) is 0. The number of rotatable bonds is 1. The van der Waals surface area contributed by atoms with Gasteiger partial charge in [-0.2, -0.15) is 0 Å². The zero-order valence-corrected chi connectivity index (χ0v) is 9.33. The van der Waals surface area contributed by atoms with E-state index in [0.29, 0.717) is 6.42 Å². The van der Waals surface area contributed by atoms with Gasteiger partial charge in [0.15, 0.2) is 0 Å². The Labute approximate surface area is 91.3 Å². The molecule has 1 amide bonds. The summed E-state index contributed by atoms with van der Waals surface area (Å²) in [6, 6.07) is 3.78. The van der Waals surface area contributed by atoms with Crippen LogP contribution in [0, 0.1) is 0 Å². The van der Waals surface area contributed by atoms with Crippen molar-refractivity contribution in [1.82, 2.24) is 4.98 Å². The molecule has 0 atom stereocenters. The SMILES string of the molecule is O=C1CCCCN1c1ccc(Br)cn1. The van der Waals surface area contributed by atoms with Crippen LogP contribution in [0.5, 0.6) is 0 Å². The molecule has 2 heterocycles. The third kappa shape index (κ3) is 1.95. The molecule has 74 valence electrons. The number of piperidine rings is 1. The number of carbonyl (C=O) groups is 1. The fourth-order valence-electron chi connectivity index (χ4n) is 1.58. The molecule has 0 radical (unpaired) electrons. The van der Waals surface area contributed by atoms with Crippen molar-refractivity contribution in [3.8, 4) is 0 Å². The molecule has 0 spiro atoms. The largest absolute Gasteiger partial charge is 0.297 e. The monoisotopic (exact) mass is 254 g/mol. The van der Waals surface area contributed by atoms with Crippen LogP contribution in [0.1, 0.15) is 19.3 Å². The minimum absolute atomic E-state index is 0.186. The van der Waals surface area contributed by atoms with Gasteiger partial charge in [-0.05, 0) is 40.9 Å². The molecule has 2 rings (SSSR count). The van der Waals surface area contributed by atoms with Crippen LogP contribution >= 0.6 is 15.9 Å². The number of hydrogen-bond donors (Lipinski definition) is 0. The first kappa shape index (κ1) is 9.65. The van der Waals surface area contributed by atoms with E-state index in [2.05, 4.69) is 20.9 Å². The summed E-state index contributed by atoms with van der Waals surface area (Å²) >= 11 is 3.32. The predicted octanol–water partition coefficient (Wildman–Crippen LogP) is 2.36. The van der Waals surface area contributed by atoms with Crippen molar-refractivity contribution in [2.75, 3.05) is 11.4 Å². The quantitative estimate of drug-likeness (QED) is 0.771. The second-order valence-corrected chi connectivity index (χ2v) is 4.25. The maximum atomic E-state index is 11.6. The number of carbonyl (C=O) groups excluding carboxylic acids is 1. The minimum Gasteiger partial charge on any atom is -0.297 e. The first-order valence-electron chi connectivity index (χ1n) is 4.69. The second-order valence-electron chi connectivity index (χ2n) is 3.34. The first-order valence-corrected chi connectivity index (χ1v) is 5.48. The molecule has 3 nitrogen and oxygen atoms in total. The zero-order chi connectivity index (χ0) is 9.97. The molecule has 1 aromatic rings. The summed E-state index contributed by atoms with van der Waals surface area (Å²) in [7, 11) is 0. The molecule has 1 saturated heterocycles. The average molecular weight is 255 g/mol. The maximum Gasteiger partial charge on any atom is 0.228 e. The molecule has 4 heteroatoms. The van der Waals surface area contributed by atoms with E-state index in [4.69, 9.17) is 0 Å². The Kier molecular flexibility index (Phi) is 2.82. The molecule has 0 unspecified atom stereocenters. The van der Waals surface area contributed by atoms with Crippen LogP contribution in [0.15, 0.2) is 22.8 Å². The molecule has 1 aliphatic heterocycles. The highest BCUT2D eigenvalue weighted by atomic mass is 79.9. The lowest BCUT2D eigenvalue weighted by Crippen LogP contribution is -2.35. The van der Waals surface area contributed by atoms with Gasteiger partial charge in [-0.3, -0.25) is 9.69 Å². The van der Waals surface area contributed by atoms with Crippen molar-refractivity contribution in [2.24, 2.45) is 0 Å². The number of halogens is 1. The molecule has 0 N–H and O–H groups in total. The third-order valence-electron chi connectivity index (χ3n) is 2.31. The lowest BCUT2D eigenvalue weighted by atomic mass is 10.1. The number of pyridine rings is 1. The van der Waals surface area contributed by atoms with Crippen LogP contribution in [0.4, 0.5) is 5.82 Å². The first-order chi connectivity index (χ1) is 6.77. The van der Waals surface area contributed by atoms with Gasteiger partial charge >= 0.3 is 0 Å². The zero-order valence-electron chi connectivity index (χ0n) is 7.74. The Hall–Kier alpha value is -0.900. The molecule has 0 bridgehead atoms. The number of anilines is 1. The van der Waals surface area contributed by atoms with E-state index in [1.807, 2.05) is 12.1 Å². The lowest BCUT2D eigenvalue weighted by Gasteiger charge is -2.25. The van der Waals surface area contributed by atoms with E-state index < -0.39 is 0 Å². The minimum atomic E-state index is 0.186. The van der Waals surface area contributed by atoms with Gasteiger partial charge < -0.3 is 0 Å². The summed E-state index contributed by atoms with van der Waals surface area (Å²) in [5.41, 5.74) is 0. The Bertz CT molecular complexity index is 336. The third-order valence-corrected chi connectivity index (χ3v) is 2.78.